The fraction of sp³-hybridized carbons (Fsp3) is 0.842. The van der Waals surface area contributed by atoms with Crippen molar-refractivity contribution in [3.63, 3.8) is 0 Å². The maximum atomic E-state index is 12.6. The molecular formula is C19H30O2. The molecule has 1 aliphatic heterocycles. The van der Waals surface area contributed by atoms with E-state index in [0.29, 0.717) is 24.0 Å². The topological polar surface area (TPSA) is 26.3 Å². The Morgan fingerprint density at radius 2 is 2.14 bits per heavy atom. The van der Waals surface area contributed by atoms with Crippen molar-refractivity contribution < 1.29 is 9.53 Å². The predicted molar refractivity (Wildman–Crippen MR) is 85.1 cm³/mol. The third-order valence-corrected chi connectivity index (χ3v) is 5.86. The number of hydrogen-bond acceptors (Lipinski definition) is 2. The first-order valence-electron chi connectivity index (χ1n) is 9.12. The van der Waals surface area contributed by atoms with Gasteiger partial charge in [0, 0.05) is 12.3 Å². The molecular weight excluding hydrogens is 260 g/mol. The fourth-order valence-corrected chi connectivity index (χ4v) is 4.61. The largest absolute Gasteiger partial charge is 0.373 e. The summed E-state index contributed by atoms with van der Waals surface area (Å²) in [5.74, 6) is 1.94. The molecule has 2 nitrogen and oxygen atoms in total. The Balaban J connectivity index is 1.68. The number of allylic oxidation sites excluding steroid dienone is 2. The number of ether oxygens (including phenoxy) is 1. The van der Waals surface area contributed by atoms with Gasteiger partial charge in [-0.3, -0.25) is 4.79 Å². The summed E-state index contributed by atoms with van der Waals surface area (Å²) in [6.45, 7) is 2.25. The van der Waals surface area contributed by atoms with Gasteiger partial charge in [0.15, 0.2) is 0 Å². The van der Waals surface area contributed by atoms with E-state index in [1.54, 1.807) is 0 Å². The number of fused-ring (bicyclic) bond motifs is 1. The van der Waals surface area contributed by atoms with Crippen LogP contribution in [-0.2, 0) is 9.53 Å². The van der Waals surface area contributed by atoms with E-state index >= 15 is 0 Å². The number of Topliss-reactive ketones (excluding diaryl/α,β-unsaturated/α-hetero) is 1. The lowest BCUT2D eigenvalue weighted by Crippen LogP contribution is -2.49. The predicted octanol–water partition coefficient (Wildman–Crippen LogP) is 4.68. The van der Waals surface area contributed by atoms with Gasteiger partial charge in [-0.2, -0.15) is 0 Å². The maximum Gasteiger partial charge on any atom is 0.141 e. The van der Waals surface area contributed by atoms with Crippen LogP contribution in [0.2, 0.25) is 0 Å². The quantitative estimate of drug-likeness (QED) is 0.703. The second kappa shape index (κ2) is 7.09. The van der Waals surface area contributed by atoms with E-state index in [0.717, 1.165) is 19.3 Å². The zero-order valence-corrected chi connectivity index (χ0v) is 13.4. The zero-order chi connectivity index (χ0) is 14.7. The van der Waals surface area contributed by atoms with Crippen LogP contribution in [0.25, 0.3) is 0 Å². The third kappa shape index (κ3) is 3.41. The van der Waals surface area contributed by atoms with Crippen LogP contribution in [0.4, 0.5) is 0 Å². The second-order valence-corrected chi connectivity index (χ2v) is 7.29. The summed E-state index contributed by atoms with van der Waals surface area (Å²) in [5.41, 5.74) is 0. The van der Waals surface area contributed by atoms with Crippen LogP contribution in [-0.4, -0.2) is 18.0 Å². The van der Waals surface area contributed by atoms with Crippen molar-refractivity contribution >= 4 is 5.78 Å². The van der Waals surface area contributed by atoms with Gasteiger partial charge in [0.25, 0.3) is 0 Å². The minimum Gasteiger partial charge on any atom is -0.373 e. The number of unbranched alkanes of at least 4 members (excludes halogenated alkanes) is 1. The first-order valence-corrected chi connectivity index (χ1v) is 9.12. The molecule has 0 radical (unpaired) electrons. The lowest BCUT2D eigenvalue weighted by Gasteiger charge is -2.45. The standard InChI is InChI=1S/C19H30O2/c1-2-3-8-15-11-7-12-16-17(20)13-18(21-19(15)16)14-9-5-4-6-10-14/h4-5,14-16,18-19H,2-3,6-13H2,1H3. The van der Waals surface area contributed by atoms with E-state index in [9.17, 15) is 4.79 Å². The molecule has 5 atom stereocenters. The first-order chi connectivity index (χ1) is 10.3. The molecule has 118 valence electrons. The summed E-state index contributed by atoms with van der Waals surface area (Å²) in [6, 6.07) is 0. The fourth-order valence-electron chi connectivity index (χ4n) is 4.61. The SMILES string of the molecule is CCCCC1CCCC2C(=O)CC(C3CC=CCC3)OC12. The van der Waals surface area contributed by atoms with Gasteiger partial charge < -0.3 is 4.74 Å². The van der Waals surface area contributed by atoms with Crippen molar-refractivity contribution in [1.29, 1.82) is 0 Å². The van der Waals surface area contributed by atoms with Crippen LogP contribution < -0.4 is 0 Å². The molecule has 0 N–H and O–H groups in total. The molecule has 0 amide bonds. The Labute approximate surface area is 129 Å². The van der Waals surface area contributed by atoms with Crippen LogP contribution in [0.1, 0.15) is 71.1 Å². The van der Waals surface area contributed by atoms with E-state index in [1.165, 1.54) is 38.5 Å². The van der Waals surface area contributed by atoms with Crippen LogP contribution >= 0.6 is 0 Å². The highest BCUT2D eigenvalue weighted by Crippen LogP contribution is 2.42. The number of rotatable bonds is 4. The van der Waals surface area contributed by atoms with Crippen molar-refractivity contribution in [2.45, 2.75) is 83.3 Å². The molecule has 1 saturated heterocycles. The van der Waals surface area contributed by atoms with Crippen LogP contribution in [0.5, 0.6) is 0 Å². The molecule has 2 aliphatic carbocycles. The first kappa shape index (κ1) is 15.3. The second-order valence-electron chi connectivity index (χ2n) is 7.29. The average Bonchev–Trinajstić information content (AvgIpc) is 2.54. The third-order valence-electron chi connectivity index (χ3n) is 5.86. The summed E-state index contributed by atoms with van der Waals surface area (Å²) in [6.07, 6.45) is 16.5. The van der Waals surface area contributed by atoms with Gasteiger partial charge in [0.1, 0.15) is 5.78 Å². The molecule has 2 fully saturated rings. The van der Waals surface area contributed by atoms with Crippen LogP contribution in [0, 0.1) is 17.8 Å². The molecule has 21 heavy (non-hydrogen) atoms. The highest BCUT2D eigenvalue weighted by Gasteiger charge is 2.44. The van der Waals surface area contributed by atoms with E-state index in [1.807, 2.05) is 0 Å². The van der Waals surface area contributed by atoms with Crippen LogP contribution in [0.15, 0.2) is 12.2 Å². The van der Waals surface area contributed by atoms with Crippen LogP contribution in [0.3, 0.4) is 0 Å². The number of carbonyl (C=O) groups is 1. The molecule has 0 spiro atoms. The molecule has 0 aromatic heterocycles. The van der Waals surface area contributed by atoms with E-state index < -0.39 is 0 Å². The number of hydrogen-bond donors (Lipinski definition) is 0. The van der Waals surface area contributed by atoms with Gasteiger partial charge in [-0.25, -0.2) is 0 Å². The van der Waals surface area contributed by atoms with Crippen molar-refractivity contribution in [1.82, 2.24) is 0 Å². The molecule has 0 aromatic rings. The molecule has 1 saturated carbocycles. The van der Waals surface area contributed by atoms with E-state index in [4.69, 9.17) is 4.74 Å². The normalized spacial score (nSPS) is 40.0. The minimum absolute atomic E-state index is 0.200. The summed E-state index contributed by atoms with van der Waals surface area (Å²) < 4.78 is 6.56. The molecule has 5 unspecified atom stereocenters. The van der Waals surface area contributed by atoms with Crippen molar-refractivity contribution in [2.24, 2.45) is 17.8 Å². The Bertz CT molecular complexity index is 387. The Morgan fingerprint density at radius 3 is 2.90 bits per heavy atom. The van der Waals surface area contributed by atoms with Gasteiger partial charge in [0.05, 0.1) is 12.2 Å². The Hall–Kier alpha value is -0.630. The van der Waals surface area contributed by atoms with E-state index in [2.05, 4.69) is 19.1 Å². The van der Waals surface area contributed by atoms with Crippen molar-refractivity contribution in [3.8, 4) is 0 Å². The van der Waals surface area contributed by atoms with Crippen molar-refractivity contribution in [3.05, 3.63) is 12.2 Å². The van der Waals surface area contributed by atoms with Crippen molar-refractivity contribution in [2.75, 3.05) is 0 Å². The highest BCUT2D eigenvalue weighted by molar-refractivity contribution is 5.83. The lowest BCUT2D eigenvalue weighted by molar-refractivity contribution is -0.167. The zero-order valence-electron chi connectivity index (χ0n) is 13.4. The monoisotopic (exact) mass is 290 g/mol. The van der Waals surface area contributed by atoms with Gasteiger partial charge in [0.2, 0.25) is 0 Å². The van der Waals surface area contributed by atoms with Gasteiger partial charge in [-0.15, -0.1) is 0 Å². The summed E-state index contributed by atoms with van der Waals surface area (Å²) >= 11 is 0. The number of ketones is 1. The van der Waals surface area contributed by atoms with Gasteiger partial charge in [-0.1, -0.05) is 38.3 Å². The average molecular weight is 290 g/mol. The number of carbonyl (C=O) groups excluding carboxylic acids is 1. The minimum atomic E-state index is 0.200. The molecule has 0 bridgehead atoms. The van der Waals surface area contributed by atoms with Gasteiger partial charge in [-0.05, 0) is 50.4 Å². The molecule has 3 rings (SSSR count). The summed E-state index contributed by atoms with van der Waals surface area (Å²) in [5, 5.41) is 0. The molecule has 0 aromatic carbocycles. The molecule has 3 aliphatic rings. The Kier molecular flexibility index (Phi) is 5.15. The summed E-state index contributed by atoms with van der Waals surface area (Å²) in [4.78, 5) is 12.6. The smallest absolute Gasteiger partial charge is 0.141 e. The lowest BCUT2D eigenvalue weighted by atomic mass is 9.71. The van der Waals surface area contributed by atoms with Gasteiger partial charge >= 0.3 is 0 Å². The van der Waals surface area contributed by atoms with E-state index in [-0.39, 0.29) is 18.1 Å². The molecule has 1 heterocycles. The molecule has 2 heteroatoms. The summed E-state index contributed by atoms with van der Waals surface area (Å²) in [7, 11) is 0. The highest BCUT2D eigenvalue weighted by atomic mass is 16.5. The maximum absolute atomic E-state index is 12.6. The Morgan fingerprint density at radius 1 is 1.24 bits per heavy atom.